The molecule has 1 fully saturated rings. The van der Waals surface area contributed by atoms with Gasteiger partial charge in [-0.15, -0.1) is 0 Å². The Bertz CT molecular complexity index is 978. The lowest BCUT2D eigenvalue weighted by Crippen LogP contribution is -2.32. The average Bonchev–Trinajstić information content (AvgIpc) is 3.25. The standard InChI is InChI=1S/C21H23FN4O2/c1-20(13-27)12-26(18-16(22)11-24-19(23)25-18)17-10-14(4-5-15(17)20)6-9-21(28)7-2-3-8-21/h4-5,10-11,27-28H,2-3,7-8,12-13H2,1H3,(H2,23,24,25). The van der Waals surface area contributed by atoms with Crippen molar-refractivity contribution >= 4 is 17.5 Å². The lowest BCUT2D eigenvalue weighted by molar-refractivity contribution is 0.110. The molecule has 2 heterocycles. The number of nitrogens with zero attached hydrogens (tertiary/aromatic N) is 3. The molecule has 1 saturated carbocycles. The van der Waals surface area contributed by atoms with E-state index in [9.17, 15) is 14.6 Å². The van der Waals surface area contributed by atoms with Crippen LogP contribution in [0.2, 0.25) is 0 Å². The van der Waals surface area contributed by atoms with E-state index in [1.165, 1.54) is 0 Å². The fourth-order valence-electron chi connectivity index (χ4n) is 4.02. The van der Waals surface area contributed by atoms with Gasteiger partial charge in [-0.25, -0.2) is 9.37 Å². The van der Waals surface area contributed by atoms with Gasteiger partial charge in [-0.05, 0) is 43.4 Å². The second-order valence-electron chi connectivity index (χ2n) is 7.93. The van der Waals surface area contributed by atoms with E-state index in [2.05, 4.69) is 21.8 Å². The van der Waals surface area contributed by atoms with Gasteiger partial charge in [0.25, 0.3) is 0 Å². The van der Waals surface area contributed by atoms with Crippen LogP contribution in [0.25, 0.3) is 0 Å². The molecule has 7 heteroatoms. The predicted octanol–water partition coefficient (Wildman–Crippen LogP) is 2.26. The van der Waals surface area contributed by atoms with Crippen molar-refractivity contribution < 1.29 is 14.6 Å². The van der Waals surface area contributed by atoms with Gasteiger partial charge >= 0.3 is 0 Å². The maximum absolute atomic E-state index is 14.4. The molecule has 2 aliphatic rings. The highest BCUT2D eigenvalue weighted by atomic mass is 19.1. The summed E-state index contributed by atoms with van der Waals surface area (Å²) in [5.41, 5.74) is 6.49. The Balaban J connectivity index is 1.78. The van der Waals surface area contributed by atoms with E-state index in [1.54, 1.807) is 4.90 Å². The molecule has 1 aromatic carbocycles. The van der Waals surface area contributed by atoms with Crippen molar-refractivity contribution in [1.29, 1.82) is 0 Å². The summed E-state index contributed by atoms with van der Waals surface area (Å²) in [7, 11) is 0. The molecule has 4 N–H and O–H groups in total. The SMILES string of the molecule is CC1(CO)CN(c2nc(N)ncc2F)c2cc(C#CC3(O)CCCC3)ccc21. The van der Waals surface area contributed by atoms with Gasteiger partial charge < -0.3 is 20.8 Å². The Kier molecular flexibility index (Phi) is 4.48. The Labute approximate surface area is 163 Å². The maximum Gasteiger partial charge on any atom is 0.222 e. The molecule has 28 heavy (non-hydrogen) atoms. The molecule has 1 aliphatic carbocycles. The van der Waals surface area contributed by atoms with Gasteiger partial charge in [0.1, 0.15) is 5.60 Å². The second-order valence-corrected chi connectivity index (χ2v) is 7.93. The highest BCUT2D eigenvalue weighted by molar-refractivity contribution is 5.73. The minimum Gasteiger partial charge on any atom is -0.395 e. The van der Waals surface area contributed by atoms with Crippen molar-refractivity contribution in [2.45, 2.75) is 43.6 Å². The molecule has 0 radical (unpaired) electrons. The number of aliphatic hydroxyl groups excluding tert-OH is 1. The molecule has 0 amide bonds. The normalized spacial score (nSPS) is 22.6. The van der Waals surface area contributed by atoms with Crippen molar-refractivity contribution in [3.8, 4) is 11.8 Å². The third kappa shape index (κ3) is 3.19. The molecule has 0 saturated heterocycles. The smallest absolute Gasteiger partial charge is 0.222 e. The lowest BCUT2D eigenvalue weighted by atomic mass is 9.85. The van der Waals surface area contributed by atoms with Crippen molar-refractivity contribution in [2.24, 2.45) is 0 Å². The zero-order chi connectivity index (χ0) is 19.9. The number of anilines is 3. The zero-order valence-electron chi connectivity index (χ0n) is 15.7. The Morgan fingerprint density at radius 1 is 1.32 bits per heavy atom. The van der Waals surface area contributed by atoms with Crippen molar-refractivity contribution in [2.75, 3.05) is 23.8 Å². The van der Waals surface area contributed by atoms with Gasteiger partial charge in [0, 0.05) is 23.2 Å². The van der Waals surface area contributed by atoms with E-state index in [1.807, 2.05) is 25.1 Å². The first-order chi connectivity index (χ1) is 13.3. The molecule has 1 aromatic heterocycles. The van der Waals surface area contributed by atoms with E-state index < -0.39 is 16.8 Å². The number of halogens is 1. The second kappa shape index (κ2) is 6.73. The van der Waals surface area contributed by atoms with Crippen molar-refractivity contribution in [1.82, 2.24) is 9.97 Å². The summed E-state index contributed by atoms with van der Waals surface area (Å²) in [4.78, 5) is 9.45. The van der Waals surface area contributed by atoms with E-state index in [4.69, 9.17) is 5.73 Å². The minimum atomic E-state index is -0.925. The van der Waals surface area contributed by atoms with Crippen molar-refractivity contribution in [3.05, 3.63) is 41.3 Å². The summed E-state index contributed by atoms with van der Waals surface area (Å²) in [6, 6.07) is 5.61. The summed E-state index contributed by atoms with van der Waals surface area (Å²) < 4.78 is 14.4. The van der Waals surface area contributed by atoms with Crippen LogP contribution in [0.1, 0.15) is 43.7 Å². The van der Waals surface area contributed by atoms with Gasteiger partial charge in [0.15, 0.2) is 11.6 Å². The third-order valence-electron chi connectivity index (χ3n) is 5.66. The number of hydrogen-bond acceptors (Lipinski definition) is 6. The molecular weight excluding hydrogens is 359 g/mol. The van der Waals surface area contributed by atoms with Crippen LogP contribution in [0.4, 0.5) is 21.8 Å². The van der Waals surface area contributed by atoms with Gasteiger partial charge in [-0.1, -0.05) is 24.8 Å². The van der Waals surface area contributed by atoms with Crippen LogP contribution in [0.15, 0.2) is 24.4 Å². The first-order valence-corrected chi connectivity index (χ1v) is 9.40. The van der Waals surface area contributed by atoms with Gasteiger partial charge in [-0.2, -0.15) is 4.98 Å². The van der Waals surface area contributed by atoms with Gasteiger partial charge in [-0.3, -0.25) is 0 Å². The van der Waals surface area contributed by atoms with Crippen LogP contribution < -0.4 is 10.6 Å². The quantitative estimate of drug-likeness (QED) is 0.690. The fourth-order valence-corrected chi connectivity index (χ4v) is 4.02. The molecule has 1 aliphatic heterocycles. The molecule has 0 spiro atoms. The number of fused-ring (bicyclic) bond motifs is 1. The molecule has 2 aromatic rings. The summed E-state index contributed by atoms with van der Waals surface area (Å²) in [5.74, 6) is 5.52. The number of nitrogen functional groups attached to an aromatic ring is 1. The molecule has 6 nitrogen and oxygen atoms in total. The zero-order valence-corrected chi connectivity index (χ0v) is 15.7. The number of nitrogens with two attached hydrogens (primary N) is 1. The van der Waals surface area contributed by atoms with Crippen LogP contribution in [-0.2, 0) is 5.41 Å². The van der Waals surface area contributed by atoms with Crippen molar-refractivity contribution in [3.63, 3.8) is 0 Å². The van der Waals surface area contributed by atoms with Gasteiger partial charge in [0.05, 0.1) is 12.8 Å². The summed E-state index contributed by atoms with van der Waals surface area (Å²) in [5, 5.41) is 20.4. The lowest BCUT2D eigenvalue weighted by Gasteiger charge is -2.23. The average molecular weight is 382 g/mol. The van der Waals surface area contributed by atoms with Crippen LogP contribution in [0.3, 0.4) is 0 Å². The van der Waals surface area contributed by atoms with E-state index in [-0.39, 0.29) is 18.4 Å². The van der Waals surface area contributed by atoms with E-state index in [0.29, 0.717) is 24.9 Å². The number of benzene rings is 1. The van der Waals surface area contributed by atoms with E-state index in [0.717, 1.165) is 30.3 Å². The third-order valence-corrected chi connectivity index (χ3v) is 5.66. The molecule has 0 bridgehead atoms. The summed E-state index contributed by atoms with van der Waals surface area (Å²) in [6.07, 6.45) is 4.38. The molecule has 1 unspecified atom stereocenters. The van der Waals surface area contributed by atoms with E-state index >= 15 is 0 Å². The van der Waals surface area contributed by atoms with Gasteiger partial charge in [0.2, 0.25) is 5.95 Å². The Morgan fingerprint density at radius 2 is 2.07 bits per heavy atom. The Morgan fingerprint density at radius 3 is 2.79 bits per heavy atom. The maximum atomic E-state index is 14.4. The van der Waals surface area contributed by atoms with Crippen LogP contribution in [0.5, 0.6) is 0 Å². The van der Waals surface area contributed by atoms with Crippen LogP contribution >= 0.6 is 0 Å². The Hall–Kier alpha value is -2.69. The number of aliphatic hydroxyl groups is 2. The number of rotatable bonds is 2. The molecule has 4 rings (SSSR count). The first-order valence-electron chi connectivity index (χ1n) is 9.40. The molecular formula is C21H23FN4O2. The minimum absolute atomic E-state index is 0.0186. The monoisotopic (exact) mass is 382 g/mol. The number of hydrogen-bond donors (Lipinski definition) is 3. The number of aromatic nitrogens is 2. The summed E-state index contributed by atoms with van der Waals surface area (Å²) >= 11 is 0. The molecule has 1 atom stereocenters. The fraction of sp³-hybridized carbons (Fsp3) is 0.429. The topological polar surface area (TPSA) is 95.5 Å². The van der Waals surface area contributed by atoms with Crippen LogP contribution in [0, 0.1) is 17.7 Å². The highest BCUT2D eigenvalue weighted by Crippen LogP contribution is 2.44. The highest BCUT2D eigenvalue weighted by Gasteiger charge is 2.40. The molecule has 146 valence electrons. The predicted molar refractivity (Wildman–Crippen MR) is 105 cm³/mol. The van der Waals surface area contributed by atoms with Crippen LogP contribution in [-0.4, -0.2) is 38.9 Å². The summed E-state index contributed by atoms with van der Waals surface area (Å²) in [6.45, 7) is 2.18. The first kappa shape index (κ1) is 18.7. The largest absolute Gasteiger partial charge is 0.395 e.